The van der Waals surface area contributed by atoms with Crippen LogP contribution in [0.4, 0.5) is 4.39 Å². The Balaban J connectivity index is 2.11. The number of pyridine rings is 1. The third kappa shape index (κ3) is 1.86. The van der Waals surface area contributed by atoms with Crippen molar-refractivity contribution in [3.63, 3.8) is 0 Å². The second-order valence-electron chi connectivity index (χ2n) is 4.70. The van der Waals surface area contributed by atoms with Gasteiger partial charge in [0.1, 0.15) is 11.6 Å². The Labute approximate surface area is 105 Å². The molecule has 0 bridgehead atoms. The maximum absolute atomic E-state index is 13.3. The summed E-state index contributed by atoms with van der Waals surface area (Å²) in [6, 6.07) is 8.10. The minimum Gasteiger partial charge on any atom is -0.508 e. The number of benzene rings is 1. The highest BCUT2D eigenvalue weighted by Gasteiger charge is 2.25. The maximum atomic E-state index is 13.3. The zero-order valence-electron chi connectivity index (χ0n) is 9.94. The van der Waals surface area contributed by atoms with Crippen molar-refractivity contribution in [2.24, 2.45) is 0 Å². The summed E-state index contributed by atoms with van der Waals surface area (Å²) in [5, 5.41) is 9.92. The molecule has 1 heterocycles. The number of hydrogen-bond donors (Lipinski definition) is 1. The van der Waals surface area contributed by atoms with E-state index >= 15 is 0 Å². The van der Waals surface area contributed by atoms with Crippen LogP contribution in [0.2, 0.25) is 0 Å². The number of rotatable bonds is 1. The lowest BCUT2D eigenvalue weighted by molar-refractivity contribution is 0.455. The van der Waals surface area contributed by atoms with Gasteiger partial charge in [0.15, 0.2) is 0 Å². The quantitative estimate of drug-likeness (QED) is 0.832. The summed E-state index contributed by atoms with van der Waals surface area (Å²) < 4.78 is 13.3. The number of halogens is 1. The molecular weight excluding hydrogens is 229 g/mol. The summed E-state index contributed by atoms with van der Waals surface area (Å²) in [6.07, 6.45) is 4.71. The van der Waals surface area contributed by atoms with Gasteiger partial charge < -0.3 is 5.11 Å². The Kier molecular flexibility index (Phi) is 2.74. The summed E-state index contributed by atoms with van der Waals surface area (Å²) in [4.78, 5) is 4.41. The number of fused-ring (bicyclic) bond motifs is 1. The molecule has 1 aromatic heterocycles. The molecule has 1 unspecified atom stereocenters. The zero-order valence-corrected chi connectivity index (χ0v) is 9.94. The van der Waals surface area contributed by atoms with Crippen molar-refractivity contribution < 1.29 is 9.50 Å². The number of nitrogens with zero attached hydrogens (tertiary/aromatic N) is 1. The lowest BCUT2D eigenvalue weighted by Crippen LogP contribution is -2.13. The largest absolute Gasteiger partial charge is 0.508 e. The number of phenols is 1. The van der Waals surface area contributed by atoms with Crippen molar-refractivity contribution in [1.82, 2.24) is 4.98 Å². The van der Waals surface area contributed by atoms with Crippen molar-refractivity contribution in [2.45, 2.75) is 25.2 Å². The summed E-state index contributed by atoms with van der Waals surface area (Å²) in [6.45, 7) is 0. The van der Waals surface area contributed by atoms with Crippen LogP contribution in [0.3, 0.4) is 0 Å². The highest BCUT2D eigenvalue weighted by atomic mass is 19.1. The van der Waals surface area contributed by atoms with E-state index in [0.29, 0.717) is 5.56 Å². The maximum Gasteiger partial charge on any atom is 0.123 e. The van der Waals surface area contributed by atoms with Gasteiger partial charge in [-0.2, -0.15) is 0 Å². The van der Waals surface area contributed by atoms with E-state index < -0.39 is 0 Å². The van der Waals surface area contributed by atoms with Crippen molar-refractivity contribution >= 4 is 0 Å². The summed E-state index contributed by atoms with van der Waals surface area (Å²) >= 11 is 0. The van der Waals surface area contributed by atoms with Crippen LogP contribution in [-0.4, -0.2) is 10.1 Å². The number of hydrogen-bond acceptors (Lipinski definition) is 2. The molecule has 1 N–H and O–H groups in total. The van der Waals surface area contributed by atoms with Crippen LogP contribution in [-0.2, 0) is 6.42 Å². The molecule has 92 valence electrons. The van der Waals surface area contributed by atoms with Crippen molar-refractivity contribution in [2.75, 3.05) is 0 Å². The number of aromatic hydroxyl groups is 1. The fourth-order valence-corrected chi connectivity index (χ4v) is 2.72. The van der Waals surface area contributed by atoms with Crippen LogP contribution in [0.15, 0.2) is 36.5 Å². The van der Waals surface area contributed by atoms with Crippen LogP contribution >= 0.6 is 0 Å². The van der Waals surface area contributed by atoms with Gasteiger partial charge in [-0.25, -0.2) is 4.39 Å². The van der Waals surface area contributed by atoms with E-state index in [1.165, 1.54) is 23.8 Å². The molecule has 1 aliphatic carbocycles. The van der Waals surface area contributed by atoms with E-state index in [9.17, 15) is 9.50 Å². The first kappa shape index (κ1) is 11.2. The molecule has 0 radical (unpaired) electrons. The average molecular weight is 243 g/mol. The van der Waals surface area contributed by atoms with Crippen LogP contribution in [0.1, 0.15) is 35.6 Å². The van der Waals surface area contributed by atoms with Gasteiger partial charge in [-0.1, -0.05) is 6.07 Å². The van der Waals surface area contributed by atoms with Gasteiger partial charge in [-0.15, -0.1) is 0 Å². The van der Waals surface area contributed by atoms with E-state index in [1.54, 1.807) is 6.20 Å². The Morgan fingerprint density at radius 1 is 1.28 bits per heavy atom. The first-order valence-electron chi connectivity index (χ1n) is 6.18. The summed E-state index contributed by atoms with van der Waals surface area (Å²) in [7, 11) is 0. The van der Waals surface area contributed by atoms with Crippen molar-refractivity contribution in [3.05, 3.63) is 59.2 Å². The van der Waals surface area contributed by atoms with Gasteiger partial charge in [-0.3, -0.25) is 4.98 Å². The molecule has 1 aromatic carbocycles. The molecule has 3 heteroatoms. The van der Waals surface area contributed by atoms with E-state index in [1.807, 2.05) is 6.07 Å². The van der Waals surface area contributed by atoms with Crippen LogP contribution < -0.4 is 0 Å². The molecule has 0 spiro atoms. The Bertz CT molecular complexity index is 582. The molecule has 0 saturated carbocycles. The fraction of sp³-hybridized carbons (Fsp3) is 0.267. The van der Waals surface area contributed by atoms with E-state index in [0.717, 1.165) is 25.0 Å². The predicted molar refractivity (Wildman–Crippen MR) is 67.1 cm³/mol. The highest BCUT2D eigenvalue weighted by molar-refractivity contribution is 5.42. The second kappa shape index (κ2) is 4.41. The van der Waals surface area contributed by atoms with Gasteiger partial charge >= 0.3 is 0 Å². The Hall–Kier alpha value is -1.90. The minimum atomic E-state index is -0.314. The van der Waals surface area contributed by atoms with Gasteiger partial charge in [0.05, 0.1) is 5.69 Å². The molecule has 18 heavy (non-hydrogen) atoms. The molecular formula is C15H14FNO. The smallest absolute Gasteiger partial charge is 0.123 e. The predicted octanol–water partition coefficient (Wildman–Crippen LogP) is 3.39. The minimum absolute atomic E-state index is 0.00523. The molecule has 1 atom stereocenters. The lowest BCUT2D eigenvalue weighted by Gasteiger charge is -2.25. The average Bonchev–Trinajstić information content (AvgIpc) is 2.41. The summed E-state index contributed by atoms with van der Waals surface area (Å²) in [5.74, 6) is -0.156. The molecule has 0 aliphatic heterocycles. The third-order valence-electron chi connectivity index (χ3n) is 3.56. The molecule has 2 aromatic rings. The fourth-order valence-electron chi connectivity index (χ4n) is 2.72. The van der Waals surface area contributed by atoms with Gasteiger partial charge in [0, 0.05) is 17.7 Å². The van der Waals surface area contributed by atoms with Gasteiger partial charge in [0.2, 0.25) is 0 Å². The van der Waals surface area contributed by atoms with Gasteiger partial charge in [-0.05, 0) is 49.1 Å². The van der Waals surface area contributed by atoms with E-state index in [2.05, 4.69) is 11.1 Å². The Morgan fingerprint density at radius 2 is 2.17 bits per heavy atom. The van der Waals surface area contributed by atoms with Gasteiger partial charge in [0.25, 0.3) is 0 Å². The second-order valence-corrected chi connectivity index (χ2v) is 4.70. The number of phenolic OH excluding ortho intramolecular Hbond substituents is 1. The van der Waals surface area contributed by atoms with Crippen LogP contribution in [0.25, 0.3) is 0 Å². The van der Waals surface area contributed by atoms with Crippen molar-refractivity contribution in [3.8, 4) is 5.75 Å². The van der Waals surface area contributed by atoms with Crippen molar-refractivity contribution in [1.29, 1.82) is 0 Å². The standard InChI is InChI=1S/C15H14FNO/c16-11-6-7-14(18)13(9-11)12-5-1-3-10-4-2-8-17-15(10)12/h2,4,6-9,12,18H,1,3,5H2. The lowest BCUT2D eigenvalue weighted by atomic mass is 9.82. The Morgan fingerprint density at radius 3 is 3.06 bits per heavy atom. The third-order valence-corrected chi connectivity index (χ3v) is 3.56. The number of aryl methyl sites for hydroxylation is 1. The zero-order chi connectivity index (χ0) is 12.5. The molecule has 3 rings (SSSR count). The monoisotopic (exact) mass is 243 g/mol. The van der Waals surface area contributed by atoms with E-state index in [4.69, 9.17) is 0 Å². The first-order chi connectivity index (χ1) is 8.75. The number of aromatic nitrogens is 1. The molecule has 0 amide bonds. The summed E-state index contributed by atoms with van der Waals surface area (Å²) in [5.41, 5.74) is 2.83. The van der Waals surface area contributed by atoms with Crippen LogP contribution in [0.5, 0.6) is 5.75 Å². The first-order valence-corrected chi connectivity index (χ1v) is 6.18. The SMILES string of the molecule is Oc1ccc(F)cc1C1CCCc2cccnc21. The van der Waals surface area contributed by atoms with Crippen LogP contribution in [0, 0.1) is 5.82 Å². The molecule has 1 aliphatic rings. The molecule has 2 nitrogen and oxygen atoms in total. The molecule has 0 fully saturated rings. The highest BCUT2D eigenvalue weighted by Crippen LogP contribution is 2.39. The normalized spacial score (nSPS) is 18.4. The topological polar surface area (TPSA) is 33.1 Å². The van der Waals surface area contributed by atoms with E-state index in [-0.39, 0.29) is 17.5 Å². The molecule has 0 saturated heterocycles.